The number of likely N-dealkylation sites (tertiary alicyclic amines) is 1. The summed E-state index contributed by atoms with van der Waals surface area (Å²) in [7, 11) is 0. The average Bonchev–Trinajstić information content (AvgIpc) is 3.33. The summed E-state index contributed by atoms with van der Waals surface area (Å²) in [5.41, 5.74) is 3.53. The maximum atomic E-state index is 13.4. The van der Waals surface area contributed by atoms with Crippen molar-refractivity contribution in [3.8, 4) is 16.9 Å². The van der Waals surface area contributed by atoms with Crippen molar-refractivity contribution in [2.75, 3.05) is 26.2 Å². The van der Waals surface area contributed by atoms with Crippen LogP contribution in [0.15, 0.2) is 66.9 Å². The number of nitrogens with zero attached hydrogens (tertiary/aromatic N) is 3. The normalized spacial score (nSPS) is 22.5. The first-order valence-electron chi connectivity index (χ1n) is 12.7. The van der Waals surface area contributed by atoms with Gasteiger partial charge >= 0.3 is 0 Å². The number of benzene rings is 2. The topological polar surface area (TPSA) is 57.7 Å². The molecule has 0 spiro atoms. The van der Waals surface area contributed by atoms with Crippen LogP contribution in [0.4, 0.5) is 4.39 Å². The van der Waals surface area contributed by atoms with Crippen molar-refractivity contribution in [2.45, 2.75) is 45.0 Å². The highest BCUT2D eigenvalue weighted by Crippen LogP contribution is 2.26. The van der Waals surface area contributed by atoms with Gasteiger partial charge < -0.3 is 15.0 Å². The van der Waals surface area contributed by atoms with Gasteiger partial charge in [-0.3, -0.25) is 14.7 Å². The molecule has 3 atom stereocenters. The zero-order chi connectivity index (χ0) is 25.1. The van der Waals surface area contributed by atoms with Crippen LogP contribution in [0.1, 0.15) is 36.3 Å². The Bertz CT molecular complexity index is 1170. The third-order valence-electron chi connectivity index (χ3n) is 6.86. The first-order valence-corrected chi connectivity index (χ1v) is 12.7. The van der Waals surface area contributed by atoms with E-state index in [0.29, 0.717) is 36.6 Å². The van der Waals surface area contributed by atoms with Crippen molar-refractivity contribution in [2.24, 2.45) is 0 Å². The van der Waals surface area contributed by atoms with Gasteiger partial charge in [0.05, 0.1) is 6.54 Å². The fraction of sp³-hybridized carbons (Fsp3) is 0.379. The van der Waals surface area contributed by atoms with E-state index in [1.54, 1.807) is 23.2 Å². The maximum Gasteiger partial charge on any atom is 0.273 e. The lowest BCUT2D eigenvalue weighted by Crippen LogP contribution is -2.53. The lowest BCUT2D eigenvalue weighted by molar-refractivity contribution is 0.0767. The van der Waals surface area contributed by atoms with Crippen molar-refractivity contribution in [1.29, 1.82) is 0 Å². The summed E-state index contributed by atoms with van der Waals surface area (Å²) in [6.07, 6.45) is 2.27. The zero-order valence-electron chi connectivity index (χ0n) is 20.9. The molecule has 0 aliphatic carbocycles. The second-order valence-electron chi connectivity index (χ2n) is 9.99. The Hall–Kier alpha value is -3.29. The van der Waals surface area contributed by atoms with E-state index in [4.69, 9.17) is 4.74 Å². The Morgan fingerprint density at radius 1 is 1.03 bits per heavy atom. The van der Waals surface area contributed by atoms with Gasteiger partial charge in [-0.25, -0.2) is 4.39 Å². The number of nitrogens with one attached hydrogen (secondary N) is 1. The summed E-state index contributed by atoms with van der Waals surface area (Å²) in [4.78, 5) is 22.2. The van der Waals surface area contributed by atoms with Crippen molar-refractivity contribution in [1.82, 2.24) is 20.1 Å². The third kappa shape index (κ3) is 5.74. The summed E-state index contributed by atoms with van der Waals surface area (Å²) in [5, 5.41) is 3.58. The van der Waals surface area contributed by atoms with Gasteiger partial charge in [0.25, 0.3) is 5.91 Å². The summed E-state index contributed by atoms with van der Waals surface area (Å²) < 4.78 is 19.1. The molecule has 6 nitrogen and oxygen atoms in total. The fourth-order valence-electron chi connectivity index (χ4n) is 5.29. The zero-order valence-corrected chi connectivity index (χ0v) is 20.9. The smallest absolute Gasteiger partial charge is 0.273 e. The second kappa shape index (κ2) is 10.8. The van der Waals surface area contributed by atoms with Crippen molar-refractivity contribution >= 4 is 5.91 Å². The largest absolute Gasteiger partial charge is 0.489 e. The van der Waals surface area contributed by atoms with Gasteiger partial charge in [-0.2, -0.15) is 0 Å². The van der Waals surface area contributed by atoms with Crippen LogP contribution in [-0.4, -0.2) is 65.1 Å². The van der Waals surface area contributed by atoms with E-state index in [2.05, 4.69) is 53.3 Å². The van der Waals surface area contributed by atoms with Crippen LogP contribution in [0.3, 0.4) is 0 Å². The van der Waals surface area contributed by atoms with Crippen LogP contribution in [0, 0.1) is 5.82 Å². The molecular weight excluding hydrogens is 455 g/mol. The van der Waals surface area contributed by atoms with Gasteiger partial charge in [0, 0.05) is 56.4 Å². The minimum Gasteiger partial charge on any atom is -0.489 e. The van der Waals surface area contributed by atoms with E-state index in [1.807, 2.05) is 12.1 Å². The summed E-state index contributed by atoms with van der Waals surface area (Å²) >= 11 is 0. The molecule has 36 heavy (non-hydrogen) atoms. The molecule has 3 aromatic rings. The number of halogens is 1. The molecule has 7 heteroatoms. The number of aromatic nitrogens is 1. The lowest BCUT2D eigenvalue weighted by Gasteiger charge is -2.36. The summed E-state index contributed by atoms with van der Waals surface area (Å²) in [5.74, 6) is 0.219. The quantitative estimate of drug-likeness (QED) is 0.559. The van der Waals surface area contributed by atoms with Crippen molar-refractivity contribution in [3.05, 3.63) is 83.9 Å². The molecule has 2 fully saturated rings. The molecule has 2 aliphatic rings. The van der Waals surface area contributed by atoms with Crippen LogP contribution >= 0.6 is 0 Å². The Kier molecular flexibility index (Phi) is 7.30. The molecule has 0 radical (unpaired) electrons. The summed E-state index contributed by atoms with van der Waals surface area (Å²) in [6, 6.07) is 19.3. The fourth-order valence-corrected chi connectivity index (χ4v) is 5.29. The number of hydrogen-bond acceptors (Lipinski definition) is 5. The predicted molar refractivity (Wildman–Crippen MR) is 138 cm³/mol. The molecular formula is C29H33FN4O2. The van der Waals surface area contributed by atoms with E-state index in [9.17, 15) is 9.18 Å². The van der Waals surface area contributed by atoms with Gasteiger partial charge in [-0.05, 0) is 55.3 Å². The van der Waals surface area contributed by atoms with Crippen LogP contribution in [-0.2, 0) is 6.54 Å². The van der Waals surface area contributed by atoms with E-state index in [-0.39, 0.29) is 17.8 Å². The number of pyridine rings is 1. The van der Waals surface area contributed by atoms with E-state index >= 15 is 0 Å². The predicted octanol–water partition coefficient (Wildman–Crippen LogP) is 4.36. The minimum absolute atomic E-state index is 0.0938. The first-order chi connectivity index (χ1) is 17.4. The molecule has 1 aromatic heterocycles. The lowest BCUT2D eigenvalue weighted by atomic mass is 10.0. The molecule has 188 valence electrons. The monoisotopic (exact) mass is 488 g/mol. The number of carbonyl (C=O) groups is 1. The first kappa shape index (κ1) is 24.4. The van der Waals surface area contributed by atoms with Crippen molar-refractivity contribution < 1.29 is 13.9 Å². The number of hydrogen-bond donors (Lipinski definition) is 1. The molecule has 3 unspecified atom stereocenters. The Morgan fingerprint density at radius 3 is 2.47 bits per heavy atom. The molecule has 5 rings (SSSR count). The molecule has 0 bridgehead atoms. The Labute approximate surface area is 212 Å². The van der Waals surface area contributed by atoms with Gasteiger partial charge in [0.1, 0.15) is 23.4 Å². The second-order valence-corrected chi connectivity index (χ2v) is 9.99. The Balaban J connectivity index is 1.25. The standard InChI is InChI=1S/C29H33FN4O2/c1-20-16-33(17-21(2)32-20)18-22-5-7-23(8-6-22)27-4-3-14-31-28(27)29(35)34-15-13-26(19-34)36-25-11-9-24(30)10-12-25/h3-12,14,20-21,26,32H,13,15-19H2,1-2H3. The highest BCUT2D eigenvalue weighted by Gasteiger charge is 2.30. The molecule has 2 aromatic carbocycles. The van der Waals surface area contributed by atoms with Gasteiger partial charge in [-0.1, -0.05) is 30.3 Å². The molecule has 3 heterocycles. The highest BCUT2D eigenvalue weighted by molar-refractivity contribution is 5.99. The van der Waals surface area contributed by atoms with E-state index in [0.717, 1.165) is 37.2 Å². The number of carbonyl (C=O) groups excluding carboxylic acids is 1. The summed E-state index contributed by atoms with van der Waals surface area (Å²) in [6.45, 7) is 8.52. The van der Waals surface area contributed by atoms with Gasteiger partial charge in [-0.15, -0.1) is 0 Å². The molecule has 2 saturated heterocycles. The van der Waals surface area contributed by atoms with E-state index < -0.39 is 0 Å². The minimum atomic E-state index is -0.297. The molecule has 2 aliphatic heterocycles. The SMILES string of the molecule is CC1CN(Cc2ccc(-c3cccnc3C(=O)N3CCC(Oc4ccc(F)cc4)C3)cc2)CC(C)N1. The van der Waals surface area contributed by atoms with Crippen LogP contribution in [0.25, 0.3) is 11.1 Å². The number of amides is 1. The van der Waals surface area contributed by atoms with Crippen molar-refractivity contribution in [3.63, 3.8) is 0 Å². The average molecular weight is 489 g/mol. The number of piperazine rings is 1. The Morgan fingerprint density at radius 2 is 1.75 bits per heavy atom. The van der Waals surface area contributed by atoms with Crippen LogP contribution in [0.2, 0.25) is 0 Å². The van der Waals surface area contributed by atoms with Crippen LogP contribution < -0.4 is 10.1 Å². The molecule has 0 saturated carbocycles. The maximum absolute atomic E-state index is 13.4. The van der Waals surface area contributed by atoms with E-state index in [1.165, 1.54) is 17.7 Å². The molecule has 1 N–H and O–H groups in total. The number of rotatable bonds is 6. The van der Waals surface area contributed by atoms with Gasteiger partial charge in [0.15, 0.2) is 0 Å². The number of ether oxygens (including phenoxy) is 1. The highest BCUT2D eigenvalue weighted by atomic mass is 19.1. The molecule has 1 amide bonds. The third-order valence-corrected chi connectivity index (χ3v) is 6.86. The van der Waals surface area contributed by atoms with Crippen LogP contribution in [0.5, 0.6) is 5.75 Å². The van der Waals surface area contributed by atoms with Gasteiger partial charge in [0.2, 0.25) is 0 Å².